The highest BCUT2D eigenvalue weighted by atomic mass is 16.5. The van der Waals surface area contributed by atoms with Gasteiger partial charge in [0.15, 0.2) is 0 Å². The normalized spacial score (nSPS) is 11.6. The van der Waals surface area contributed by atoms with Crippen LogP contribution in [0.25, 0.3) is 0 Å². The highest BCUT2D eigenvalue weighted by Gasteiger charge is 2.21. The summed E-state index contributed by atoms with van der Waals surface area (Å²) in [5, 5.41) is 11.6. The van der Waals surface area contributed by atoms with Gasteiger partial charge in [0, 0.05) is 5.69 Å². The van der Waals surface area contributed by atoms with Gasteiger partial charge in [0.25, 0.3) is 0 Å². The number of benzene rings is 1. The molecule has 0 aromatic heterocycles. The van der Waals surface area contributed by atoms with Gasteiger partial charge in [-0.2, -0.15) is 5.26 Å². The summed E-state index contributed by atoms with van der Waals surface area (Å²) >= 11 is 0. The quantitative estimate of drug-likeness (QED) is 0.837. The Balaban J connectivity index is 2.73. The van der Waals surface area contributed by atoms with Crippen LogP contribution in [-0.2, 0) is 9.53 Å². The first-order valence-corrected chi connectivity index (χ1v) is 6.47. The van der Waals surface area contributed by atoms with E-state index in [1.54, 1.807) is 31.2 Å². The van der Waals surface area contributed by atoms with Crippen molar-refractivity contribution in [3.05, 3.63) is 29.8 Å². The molecule has 0 bridgehead atoms. The lowest BCUT2D eigenvalue weighted by Gasteiger charge is -2.13. The lowest BCUT2D eigenvalue weighted by Crippen LogP contribution is -2.25. The van der Waals surface area contributed by atoms with E-state index < -0.39 is 11.9 Å². The molecular formula is C15H18N2O3. The molecule has 0 spiro atoms. The summed E-state index contributed by atoms with van der Waals surface area (Å²) in [7, 11) is 0. The van der Waals surface area contributed by atoms with Crippen LogP contribution in [0.3, 0.4) is 0 Å². The SMILES string of the molecule is CCOC(=O)c1ccc(NC(=O)C(C#N)C(C)C)cc1. The highest BCUT2D eigenvalue weighted by molar-refractivity contribution is 5.95. The second-order valence-corrected chi connectivity index (χ2v) is 4.64. The monoisotopic (exact) mass is 274 g/mol. The molecule has 1 rings (SSSR count). The molecule has 1 N–H and O–H groups in total. The van der Waals surface area contributed by atoms with Crippen molar-refractivity contribution in [1.29, 1.82) is 5.26 Å². The third-order valence-electron chi connectivity index (χ3n) is 2.75. The van der Waals surface area contributed by atoms with E-state index in [4.69, 9.17) is 10.00 Å². The highest BCUT2D eigenvalue weighted by Crippen LogP contribution is 2.15. The number of nitrogens with zero attached hydrogens (tertiary/aromatic N) is 1. The number of anilines is 1. The van der Waals surface area contributed by atoms with E-state index >= 15 is 0 Å². The van der Waals surface area contributed by atoms with Gasteiger partial charge in [-0.3, -0.25) is 4.79 Å². The molecule has 0 aliphatic carbocycles. The molecule has 1 aromatic carbocycles. The smallest absolute Gasteiger partial charge is 0.338 e. The molecule has 5 heteroatoms. The Bertz CT molecular complexity index is 515. The molecule has 106 valence electrons. The average Bonchev–Trinajstić information content (AvgIpc) is 2.40. The maximum Gasteiger partial charge on any atom is 0.338 e. The van der Waals surface area contributed by atoms with E-state index in [2.05, 4.69) is 5.32 Å². The fraction of sp³-hybridized carbons (Fsp3) is 0.400. The predicted molar refractivity (Wildman–Crippen MR) is 75.0 cm³/mol. The number of carbonyl (C=O) groups is 2. The molecular weight excluding hydrogens is 256 g/mol. The summed E-state index contributed by atoms with van der Waals surface area (Å²) in [5.41, 5.74) is 0.967. The number of rotatable bonds is 5. The van der Waals surface area contributed by atoms with Crippen molar-refractivity contribution in [2.75, 3.05) is 11.9 Å². The fourth-order valence-electron chi connectivity index (χ4n) is 1.63. The zero-order valence-corrected chi connectivity index (χ0v) is 11.8. The van der Waals surface area contributed by atoms with Crippen molar-refractivity contribution in [2.45, 2.75) is 20.8 Å². The number of esters is 1. The molecule has 1 unspecified atom stereocenters. The van der Waals surface area contributed by atoms with E-state index in [-0.39, 0.29) is 11.8 Å². The molecule has 5 nitrogen and oxygen atoms in total. The summed E-state index contributed by atoms with van der Waals surface area (Å²) in [6, 6.07) is 8.35. The summed E-state index contributed by atoms with van der Waals surface area (Å²) in [6.45, 7) is 5.69. The first-order chi connectivity index (χ1) is 9.49. The maximum absolute atomic E-state index is 11.9. The molecule has 0 saturated carbocycles. The molecule has 0 saturated heterocycles. The zero-order chi connectivity index (χ0) is 15.1. The molecule has 0 aliphatic rings. The summed E-state index contributed by atoms with van der Waals surface area (Å²) in [5.74, 6) is -1.49. The van der Waals surface area contributed by atoms with Gasteiger partial charge in [-0.15, -0.1) is 0 Å². The van der Waals surface area contributed by atoms with Gasteiger partial charge in [0.05, 0.1) is 18.2 Å². The van der Waals surface area contributed by atoms with Crippen LogP contribution in [-0.4, -0.2) is 18.5 Å². The predicted octanol–water partition coefficient (Wildman–Crippen LogP) is 2.60. The van der Waals surface area contributed by atoms with Crippen molar-refractivity contribution in [2.24, 2.45) is 11.8 Å². The van der Waals surface area contributed by atoms with Crippen molar-refractivity contribution >= 4 is 17.6 Å². The number of hydrogen-bond donors (Lipinski definition) is 1. The Morgan fingerprint density at radius 3 is 2.35 bits per heavy atom. The number of carbonyl (C=O) groups excluding carboxylic acids is 2. The Hall–Kier alpha value is -2.35. The first-order valence-electron chi connectivity index (χ1n) is 6.47. The fourth-order valence-corrected chi connectivity index (χ4v) is 1.63. The summed E-state index contributed by atoms with van der Waals surface area (Å²) < 4.78 is 4.87. The summed E-state index contributed by atoms with van der Waals surface area (Å²) in [4.78, 5) is 23.4. The van der Waals surface area contributed by atoms with Crippen molar-refractivity contribution in [3.63, 3.8) is 0 Å². The number of nitrogens with one attached hydrogen (secondary N) is 1. The van der Waals surface area contributed by atoms with E-state index in [1.807, 2.05) is 19.9 Å². The molecule has 1 amide bonds. The zero-order valence-electron chi connectivity index (χ0n) is 11.8. The van der Waals surface area contributed by atoms with Crippen LogP contribution in [0.5, 0.6) is 0 Å². The van der Waals surface area contributed by atoms with Gasteiger partial charge in [-0.05, 0) is 37.1 Å². The molecule has 0 radical (unpaired) electrons. The Morgan fingerprint density at radius 1 is 1.30 bits per heavy atom. The molecule has 0 aliphatic heterocycles. The molecule has 0 fully saturated rings. The van der Waals surface area contributed by atoms with Gasteiger partial charge < -0.3 is 10.1 Å². The largest absolute Gasteiger partial charge is 0.462 e. The van der Waals surface area contributed by atoms with Crippen molar-refractivity contribution in [1.82, 2.24) is 0 Å². The van der Waals surface area contributed by atoms with Gasteiger partial charge >= 0.3 is 5.97 Å². The molecule has 20 heavy (non-hydrogen) atoms. The average molecular weight is 274 g/mol. The Morgan fingerprint density at radius 2 is 1.90 bits per heavy atom. The Kier molecular flexibility index (Phi) is 5.73. The maximum atomic E-state index is 11.9. The number of amides is 1. The standard InChI is InChI=1S/C15H18N2O3/c1-4-20-15(19)11-5-7-12(8-6-11)17-14(18)13(9-16)10(2)3/h5-8,10,13H,4H2,1-3H3,(H,17,18). The van der Waals surface area contributed by atoms with Gasteiger partial charge in [0.2, 0.25) is 5.91 Å². The first kappa shape index (κ1) is 15.7. The molecule has 0 heterocycles. The van der Waals surface area contributed by atoms with Gasteiger partial charge in [0.1, 0.15) is 5.92 Å². The van der Waals surface area contributed by atoms with Crippen LogP contribution in [0.1, 0.15) is 31.1 Å². The Labute approximate surface area is 118 Å². The lowest BCUT2D eigenvalue weighted by atomic mass is 9.96. The third-order valence-corrected chi connectivity index (χ3v) is 2.75. The van der Waals surface area contributed by atoms with Crippen LogP contribution < -0.4 is 5.32 Å². The second-order valence-electron chi connectivity index (χ2n) is 4.64. The van der Waals surface area contributed by atoms with Gasteiger partial charge in [-0.1, -0.05) is 13.8 Å². The minimum atomic E-state index is -0.695. The minimum absolute atomic E-state index is 0.0567. The van der Waals surface area contributed by atoms with E-state index in [1.165, 1.54) is 0 Å². The van der Waals surface area contributed by atoms with E-state index in [0.717, 1.165) is 0 Å². The topological polar surface area (TPSA) is 79.2 Å². The van der Waals surface area contributed by atoms with Crippen LogP contribution >= 0.6 is 0 Å². The van der Waals surface area contributed by atoms with E-state index in [0.29, 0.717) is 17.9 Å². The molecule has 1 atom stereocenters. The molecule has 1 aromatic rings. The van der Waals surface area contributed by atoms with Crippen molar-refractivity contribution in [3.8, 4) is 6.07 Å². The lowest BCUT2D eigenvalue weighted by molar-refractivity contribution is -0.119. The third kappa shape index (κ3) is 4.09. The van der Waals surface area contributed by atoms with Crippen LogP contribution in [0.15, 0.2) is 24.3 Å². The second kappa shape index (κ2) is 7.29. The minimum Gasteiger partial charge on any atom is -0.462 e. The van der Waals surface area contributed by atoms with Crippen LogP contribution in [0.2, 0.25) is 0 Å². The van der Waals surface area contributed by atoms with E-state index in [9.17, 15) is 9.59 Å². The number of nitriles is 1. The summed E-state index contributed by atoms with van der Waals surface area (Å²) in [6.07, 6.45) is 0. The van der Waals surface area contributed by atoms with Crippen LogP contribution in [0, 0.1) is 23.2 Å². The number of ether oxygens (including phenoxy) is 1. The van der Waals surface area contributed by atoms with Gasteiger partial charge in [-0.25, -0.2) is 4.79 Å². The van der Waals surface area contributed by atoms with Crippen LogP contribution in [0.4, 0.5) is 5.69 Å². The number of hydrogen-bond acceptors (Lipinski definition) is 4. The van der Waals surface area contributed by atoms with Crippen molar-refractivity contribution < 1.29 is 14.3 Å².